The van der Waals surface area contributed by atoms with Crippen LogP contribution in [0.3, 0.4) is 0 Å². The van der Waals surface area contributed by atoms with Gasteiger partial charge in [0.25, 0.3) is 0 Å². The van der Waals surface area contributed by atoms with Gasteiger partial charge in [-0.3, -0.25) is 10.1 Å². The number of nitrogens with zero attached hydrogens (tertiary/aromatic N) is 1. The third-order valence-electron chi connectivity index (χ3n) is 2.43. The van der Waals surface area contributed by atoms with Gasteiger partial charge in [0.1, 0.15) is 6.61 Å². The van der Waals surface area contributed by atoms with Crippen LogP contribution >= 0.6 is 23.2 Å². The Labute approximate surface area is 133 Å². The number of allylic oxidation sites excluding steroid dienone is 1. The van der Waals surface area contributed by atoms with Crippen molar-refractivity contribution in [1.29, 1.82) is 0 Å². The Morgan fingerprint density at radius 1 is 1.29 bits per heavy atom. The van der Waals surface area contributed by atoms with Gasteiger partial charge in [-0.15, -0.1) is 0 Å². The van der Waals surface area contributed by atoms with Gasteiger partial charge in [-0.25, -0.2) is 4.79 Å². The molecule has 0 radical (unpaired) electrons. The Hall–Kier alpha value is -1.72. The first-order chi connectivity index (χ1) is 9.79. The van der Waals surface area contributed by atoms with E-state index in [0.717, 1.165) is 0 Å². The fraction of sp³-hybridized carbons (Fsp3) is 0.286. The van der Waals surface area contributed by atoms with Crippen molar-refractivity contribution >= 4 is 35.2 Å². The number of nitrogens with one attached hydrogen (secondary N) is 1. The summed E-state index contributed by atoms with van der Waals surface area (Å²) in [6.07, 6.45) is 0.654. The Kier molecular flexibility index (Phi) is 6.52. The average molecular weight is 331 g/mol. The molecule has 0 aliphatic heterocycles. The molecule has 0 spiro atoms. The van der Waals surface area contributed by atoms with Crippen LogP contribution in [0.25, 0.3) is 0 Å². The van der Waals surface area contributed by atoms with Crippen molar-refractivity contribution < 1.29 is 14.3 Å². The molecule has 0 fully saturated rings. The molecule has 1 rings (SSSR count). The molecule has 0 aromatic heterocycles. The normalized spacial score (nSPS) is 11.0. The van der Waals surface area contributed by atoms with Crippen molar-refractivity contribution in [2.24, 2.45) is 0 Å². The lowest BCUT2D eigenvalue weighted by Crippen LogP contribution is -2.25. The zero-order valence-electron chi connectivity index (χ0n) is 11.9. The first-order valence-corrected chi connectivity index (χ1v) is 6.82. The summed E-state index contributed by atoms with van der Waals surface area (Å²) < 4.78 is 5.02. The number of halogens is 2. The molecule has 2 amide bonds. The van der Waals surface area contributed by atoms with Gasteiger partial charge in [-0.2, -0.15) is 0 Å². The van der Waals surface area contributed by atoms with Crippen LogP contribution in [-0.4, -0.2) is 31.0 Å². The van der Waals surface area contributed by atoms with Crippen molar-refractivity contribution in [3.8, 4) is 0 Å². The highest BCUT2D eigenvalue weighted by atomic mass is 35.5. The largest absolute Gasteiger partial charge is 0.444 e. The van der Waals surface area contributed by atoms with Crippen LogP contribution in [0.15, 0.2) is 30.0 Å². The molecule has 5 nitrogen and oxygen atoms in total. The van der Waals surface area contributed by atoms with E-state index in [-0.39, 0.29) is 12.5 Å². The fourth-order valence-electron chi connectivity index (χ4n) is 1.33. The first-order valence-electron chi connectivity index (χ1n) is 6.07. The van der Waals surface area contributed by atoms with Crippen molar-refractivity contribution in [3.05, 3.63) is 45.6 Å². The smallest absolute Gasteiger partial charge is 0.411 e. The second kappa shape index (κ2) is 7.90. The summed E-state index contributed by atoms with van der Waals surface area (Å²) in [6, 6.07) is 4.95. The van der Waals surface area contributed by atoms with E-state index in [1.54, 1.807) is 39.2 Å². The molecule has 0 aliphatic carbocycles. The molecule has 1 aromatic carbocycles. The minimum Gasteiger partial charge on any atom is -0.444 e. The van der Waals surface area contributed by atoms with Gasteiger partial charge >= 0.3 is 6.09 Å². The Balaban J connectivity index is 2.50. The van der Waals surface area contributed by atoms with Crippen LogP contribution in [-0.2, 0) is 16.1 Å². The zero-order chi connectivity index (χ0) is 16.0. The zero-order valence-corrected chi connectivity index (χ0v) is 13.5. The molecule has 0 atom stereocenters. The Morgan fingerprint density at radius 2 is 1.95 bits per heavy atom. The number of carbonyl (C=O) groups excluding carboxylic acids is 2. The molecule has 1 N–H and O–H groups in total. The summed E-state index contributed by atoms with van der Waals surface area (Å²) in [5.41, 5.74) is 1.11. The molecule has 0 unspecified atom stereocenters. The summed E-state index contributed by atoms with van der Waals surface area (Å²) in [4.78, 5) is 24.4. The lowest BCUT2D eigenvalue weighted by molar-refractivity contribution is -0.123. The first kappa shape index (κ1) is 17.3. The molecule has 0 aliphatic rings. The molecule has 0 heterocycles. The second-order valence-corrected chi connectivity index (χ2v) is 5.32. The highest BCUT2D eigenvalue weighted by Crippen LogP contribution is 2.22. The number of rotatable bonds is 4. The third-order valence-corrected chi connectivity index (χ3v) is 3.17. The summed E-state index contributed by atoms with van der Waals surface area (Å²) in [5, 5.41) is 3.29. The second-order valence-electron chi connectivity index (χ2n) is 4.51. The third kappa shape index (κ3) is 6.06. The molecule has 21 heavy (non-hydrogen) atoms. The van der Waals surface area contributed by atoms with E-state index in [1.165, 1.54) is 11.0 Å². The predicted molar refractivity (Wildman–Crippen MR) is 82.2 cm³/mol. The van der Waals surface area contributed by atoms with E-state index in [2.05, 4.69) is 5.32 Å². The minimum absolute atomic E-state index is 0.0532. The molecule has 1 aromatic rings. The summed E-state index contributed by atoms with van der Waals surface area (Å²) in [7, 11) is 3.24. The lowest BCUT2D eigenvalue weighted by Gasteiger charge is -2.10. The van der Waals surface area contributed by atoms with Crippen LogP contribution in [0.1, 0.15) is 12.5 Å². The molecule has 0 bridgehead atoms. The fourth-order valence-corrected chi connectivity index (χ4v) is 1.65. The molecule has 114 valence electrons. The van der Waals surface area contributed by atoms with Gasteiger partial charge in [0.2, 0.25) is 5.91 Å². The maximum atomic E-state index is 11.6. The predicted octanol–water partition coefficient (Wildman–Crippen LogP) is 3.21. The van der Waals surface area contributed by atoms with Crippen LogP contribution < -0.4 is 5.32 Å². The van der Waals surface area contributed by atoms with E-state index in [0.29, 0.717) is 21.3 Å². The number of amides is 2. The van der Waals surface area contributed by atoms with Crippen molar-refractivity contribution in [3.63, 3.8) is 0 Å². The van der Waals surface area contributed by atoms with Gasteiger partial charge in [0.05, 0.1) is 10.0 Å². The Bertz CT molecular complexity index is 571. The average Bonchev–Trinajstić information content (AvgIpc) is 2.39. The van der Waals surface area contributed by atoms with E-state index in [1.807, 2.05) is 0 Å². The molecule has 7 heteroatoms. The topological polar surface area (TPSA) is 58.6 Å². The summed E-state index contributed by atoms with van der Waals surface area (Å²) in [5.74, 6) is -0.225. The number of alkyl carbamates (subject to hydrolysis) is 1. The Morgan fingerprint density at radius 3 is 2.52 bits per heavy atom. The SMILES string of the molecule is CC(=CC(=O)N(C)C)NC(=O)OCc1ccc(Cl)c(Cl)c1. The van der Waals surface area contributed by atoms with E-state index < -0.39 is 6.09 Å². The van der Waals surface area contributed by atoms with Gasteiger partial charge in [0.15, 0.2) is 0 Å². The number of likely N-dealkylation sites (N-methyl/N-ethyl adjacent to an activating group) is 1. The highest BCUT2D eigenvalue weighted by molar-refractivity contribution is 6.42. The van der Waals surface area contributed by atoms with Gasteiger partial charge in [-0.05, 0) is 24.6 Å². The molecule has 0 saturated heterocycles. The molecular weight excluding hydrogens is 315 g/mol. The van der Waals surface area contributed by atoms with Gasteiger partial charge in [0, 0.05) is 25.9 Å². The van der Waals surface area contributed by atoms with Gasteiger partial charge in [-0.1, -0.05) is 29.3 Å². The minimum atomic E-state index is -0.652. The summed E-state index contributed by atoms with van der Waals surface area (Å²) >= 11 is 11.7. The van der Waals surface area contributed by atoms with Crippen LogP contribution in [0.4, 0.5) is 4.79 Å². The molecule has 0 saturated carbocycles. The van der Waals surface area contributed by atoms with Crippen LogP contribution in [0.5, 0.6) is 0 Å². The number of carbonyl (C=O) groups is 2. The van der Waals surface area contributed by atoms with Crippen LogP contribution in [0.2, 0.25) is 10.0 Å². The standard InChI is InChI=1S/C14H16Cl2N2O3/c1-9(6-13(19)18(2)3)17-14(20)21-8-10-4-5-11(15)12(16)7-10/h4-7H,8H2,1-3H3,(H,17,20). The highest BCUT2D eigenvalue weighted by Gasteiger charge is 2.07. The summed E-state index contributed by atoms with van der Waals surface area (Å²) in [6.45, 7) is 1.65. The van der Waals surface area contributed by atoms with Crippen molar-refractivity contribution in [2.45, 2.75) is 13.5 Å². The molecular formula is C14H16Cl2N2O3. The lowest BCUT2D eigenvalue weighted by atomic mass is 10.2. The maximum Gasteiger partial charge on any atom is 0.411 e. The van der Waals surface area contributed by atoms with Gasteiger partial charge < -0.3 is 9.64 Å². The van der Waals surface area contributed by atoms with E-state index in [4.69, 9.17) is 27.9 Å². The van der Waals surface area contributed by atoms with E-state index >= 15 is 0 Å². The quantitative estimate of drug-likeness (QED) is 0.862. The maximum absolute atomic E-state index is 11.6. The van der Waals surface area contributed by atoms with Crippen LogP contribution in [0, 0.1) is 0 Å². The van der Waals surface area contributed by atoms with Crippen molar-refractivity contribution in [2.75, 3.05) is 14.1 Å². The number of benzene rings is 1. The number of hydrogen-bond acceptors (Lipinski definition) is 3. The van der Waals surface area contributed by atoms with E-state index in [9.17, 15) is 9.59 Å². The number of ether oxygens (including phenoxy) is 1. The van der Waals surface area contributed by atoms with Crippen molar-refractivity contribution in [1.82, 2.24) is 10.2 Å². The number of hydrogen-bond donors (Lipinski definition) is 1. The monoisotopic (exact) mass is 330 g/mol.